The number of aromatic nitrogens is 3. The van der Waals surface area contributed by atoms with Crippen molar-refractivity contribution in [2.45, 2.75) is 32.7 Å². The highest BCUT2D eigenvalue weighted by Gasteiger charge is 2.28. The number of aromatic amines is 1. The molecule has 1 fully saturated rings. The fourth-order valence-corrected chi connectivity index (χ4v) is 6.32. The molecule has 42 heavy (non-hydrogen) atoms. The number of nitrogens with zero attached hydrogens (tertiary/aromatic N) is 3. The first-order valence-corrected chi connectivity index (χ1v) is 14.7. The number of carbonyl (C=O) groups is 3. The summed E-state index contributed by atoms with van der Waals surface area (Å²) < 4.78 is 2.93. The third kappa shape index (κ3) is 5.20. The van der Waals surface area contributed by atoms with Gasteiger partial charge >= 0.3 is 6.09 Å². The van der Waals surface area contributed by atoms with Gasteiger partial charge in [0.1, 0.15) is 0 Å². The van der Waals surface area contributed by atoms with Crippen molar-refractivity contribution in [3.63, 3.8) is 0 Å². The second-order valence-corrected chi connectivity index (χ2v) is 11.8. The van der Waals surface area contributed by atoms with Crippen LogP contribution in [0.25, 0.3) is 28.5 Å². The highest BCUT2D eigenvalue weighted by Crippen LogP contribution is 2.37. The number of hydrogen-bond acceptors (Lipinski definition) is 4. The topological polar surface area (TPSA) is 132 Å². The Morgan fingerprint density at radius 2 is 1.98 bits per heavy atom. The van der Waals surface area contributed by atoms with Crippen LogP contribution < -0.4 is 10.6 Å². The SMILES string of the molecule is Cc1[nH]c(C=C2C(=O)Nc3ccc(-c4cnn(-c5ccccc5I)c4)cc32)c(C)c1C(=O)NC1CCCN(C(=O)O)C1. The summed E-state index contributed by atoms with van der Waals surface area (Å²) in [5.74, 6) is -0.475. The zero-order valence-electron chi connectivity index (χ0n) is 23.1. The molecule has 0 aliphatic carbocycles. The van der Waals surface area contributed by atoms with Crippen LogP contribution in [0.15, 0.2) is 54.9 Å². The molecule has 10 nitrogen and oxygen atoms in total. The van der Waals surface area contributed by atoms with Crippen molar-refractivity contribution in [2.24, 2.45) is 0 Å². The Bertz CT molecular complexity index is 1770. The molecule has 0 radical (unpaired) electrons. The smallest absolute Gasteiger partial charge is 0.407 e. The molecule has 0 saturated carbocycles. The van der Waals surface area contributed by atoms with Crippen LogP contribution in [0, 0.1) is 17.4 Å². The normalized spacial score (nSPS) is 17.3. The molecule has 2 aliphatic heterocycles. The summed E-state index contributed by atoms with van der Waals surface area (Å²) >= 11 is 2.29. The maximum atomic E-state index is 13.3. The number of likely N-dealkylation sites (tertiary alicyclic amines) is 1. The number of carboxylic acid groups (broad SMARTS) is 1. The Hall–Kier alpha value is -4.39. The van der Waals surface area contributed by atoms with Crippen LogP contribution in [-0.4, -0.2) is 61.8 Å². The van der Waals surface area contributed by atoms with Gasteiger partial charge in [0.25, 0.3) is 11.8 Å². The van der Waals surface area contributed by atoms with Crippen molar-refractivity contribution >= 4 is 57.8 Å². The molecule has 0 spiro atoms. The Labute approximate surface area is 255 Å². The number of rotatable bonds is 5. The van der Waals surface area contributed by atoms with E-state index in [0.29, 0.717) is 35.5 Å². The van der Waals surface area contributed by atoms with E-state index < -0.39 is 6.09 Å². The van der Waals surface area contributed by atoms with E-state index in [1.165, 1.54) is 4.90 Å². The van der Waals surface area contributed by atoms with Crippen LogP contribution in [0.2, 0.25) is 0 Å². The summed E-state index contributed by atoms with van der Waals surface area (Å²) in [7, 11) is 0. The molecule has 6 rings (SSSR count). The van der Waals surface area contributed by atoms with Gasteiger partial charge in [-0.1, -0.05) is 18.2 Å². The van der Waals surface area contributed by atoms with Crippen molar-refractivity contribution in [1.29, 1.82) is 0 Å². The molecule has 1 unspecified atom stereocenters. The fraction of sp³-hybridized carbons (Fsp3) is 0.226. The number of amides is 3. The van der Waals surface area contributed by atoms with Crippen molar-refractivity contribution in [3.8, 4) is 16.8 Å². The Kier molecular flexibility index (Phi) is 7.35. The van der Waals surface area contributed by atoms with E-state index in [-0.39, 0.29) is 24.4 Å². The van der Waals surface area contributed by atoms with Gasteiger partial charge in [0, 0.05) is 57.1 Å². The molecule has 1 atom stereocenters. The van der Waals surface area contributed by atoms with Gasteiger partial charge in [-0.3, -0.25) is 9.59 Å². The minimum Gasteiger partial charge on any atom is -0.465 e. The van der Waals surface area contributed by atoms with E-state index in [2.05, 4.69) is 43.3 Å². The quantitative estimate of drug-likeness (QED) is 0.165. The number of hydrogen-bond donors (Lipinski definition) is 4. The second kappa shape index (κ2) is 11.1. The van der Waals surface area contributed by atoms with E-state index in [1.807, 2.05) is 73.4 Å². The number of anilines is 1. The molecule has 2 aliphatic rings. The molecule has 4 heterocycles. The van der Waals surface area contributed by atoms with Crippen LogP contribution in [0.4, 0.5) is 10.5 Å². The number of aryl methyl sites for hydroxylation is 1. The van der Waals surface area contributed by atoms with Gasteiger partial charge in [-0.05, 0) is 90.7 Å². The summed E-state index contributed by atoms with van der Waals surface area (Å²) in [4.78, 5) is 42.3. The minimum atomic E-state index is -0.977. The number of carbonyl (C=O) groups excluding carboxylic acids is 2. The lowest BCUT2D eigenvalue weighted by Crippen LogP contribution is -2.49. The molecule has 4 N–H and O–H groups in total. The number of para-hydroxylation sites is 1. The van der Waals surface area contributed by atoms with Gasteiger partial charge in [0.15, 0.2) is 0 Å². The lowest BCUT2D eigenvalue weighted by atomic mass is 9.99. The Morgan fingerprint density at radius 1 is 1.17 bits per heavy atom. The van der Waals surface area contributed by atoms with E-state index >= 15 is 0 Å². The van der Waals surface area contributed by atoms with Crippen LogP contribution in [0.3, 0.4) is 0 Å². The van der Waals surface area contributed by atoms with Gasteiger partial charge < -0.3 is 25.6 Å². The Balaban J connectivity index is 1.27. The number of piperidine rings is 1. The summed E-state index contributed by atoms with van der Waals surface area (Å²) in [6.45, 7) is 4.41. The number of halogens is 1. The van der Waals surface area contributed by atoms with Crippen molar-refractivity contribution < 1.29 is 19.5 Å². The van der Waals surface area contributed by atoms with Crippen LogP contribution >= 0.6 is 22.6 Å². The number of H-pyrrole nitrogens is 1. The zero-order valence-corrected chi connectivity index (χ0v) is 25.2. The highest BCUT2D eigenvalue weighted by molar-refractivity contribution is 14.1. The lowest BCUT2D eigenvalue weighted by molar-refractivity contribution is -0.110. The van der Waals surface area contributed by atoms with E-state index in [1.54, 1.807) is 6.08 Å². The molecule has 1 saturated heterocycles. The van der Waals surface area contributed by atoms with E-state index in [0.717, 1.165) is 43.6 Å². The minimum absolute atomic E-state index is 0.217. The first-order chi connectivity index (χ1) is 20.2. The first kappa shape index (κ1) is 27.8. The fourth-order valence-electron chi connectivity index (χ4n) is 5.68. The van der Waals surface area contributed by atoms with Gasteiger partial charge in [-0.15, -0.1) is 0 Å². The Morgan fingerprint density at radius 3 is 2.76 bits per heavy atom. The van der Waals surface area contributed by atoms with Gasteiger partial charge in [-0.25, -0.2) is 9.48 Å². The second-order valence-electron chi connectivity index (χ2n) is 10.6. The van der Waals surface area contributed by atoms with Crippen LogP contribution in [0.1, 0.15) is 45.7 Å². The monoisotopic (exact) mass is 676 g/mol. The first-order valence-electron chi connectivity index (χ1n) is 13.6. The molecule has 11 heteroatoms. The van der Waals surface area contributed by atoms with E-state index in [9.17, 15) is 19.5 Å². The summed E-state index contributed by atoms with van der Waals surface area (Å²) in [6, 6.07) is 13.6. The molecule has 3 amide bonds. The largest absolute Gasteiger partial charge is 0.465 e. The standard InChI is InChI=1S/C31H29IN6O4/c1-17-26(34-18(2)28(17)30(40)35-21-6-5-11-37(16-21)31(41)42)13-23-22-12-19(9-10-25(22)36-29(23)39)20-14-33-38(15-20)27-8-4-3-7-24(27)32/h3-4,7-10,12-15,21,34H,5-6,11,16H2,1-2H3,(H,35,40)(H,36,39)(H,41,42). The van der Waals surface area contributed by atoms with Crippen LogP contribution in [-0.2, 0) is 4.79 Å². The zero-order chi connectivity index (χ0) is 29.5. The predicted molar refractivity (Wildman–Crippen MR) is 169 cm³/mol. The molecule has 0 bridgehead atoms. The molecular formula is C31H29IN6O4. The molecule has 4 aromatic rings. The van der Waals surface area contributed by atoms with Crippen molar-refractivity contribution in [1.82, 2.24) is 25.0 Å². The van der Waals surface area contributed by atoms with E-state index in [4.69, 9.17) is 0 Å². The maximum Gasteiger partial charge on any atom is 0.407 e. The third-order valence-corrected chi connectivity index (χ3v) is 8.75. The summed E-state index contributed by atoms with van der Waals surface area (Å²) in [5, 5.41) is 19.8. The van der Waals surface area contributed by atoms with Crippen molar-refractivity contribution in [2.75, 3.05) is 18.4 Å². The summed E-state index contributed by atoms with van der Waals surface area (Å²) in [6.07, 6.45) is 6.00. The molecular weight excluding hydrogens is 647 g/mol. The number of benzene rings is 2. The number of fused-ring (bicyclic) bond motifs is 1. The van der Waals surface area contributed by atoms with Gasteiger partial charge in [0.05, 0.1) is 23.0 Å². The average molecular weight is 677 g/mol. The van der Waals surface area contributed by atoms with Crippen molar-refractivity contribution in [3.05, 3.63) is 86.5 Å². The molecule has 2 aromatic carbocycles. The lowest BCUT2D eigenvalue weighted by Gasteiger charge is -2.31. The predicted octanol–water partition coefficient (Wildman–Crippen LogP) is 5.45. The third-order valence-electron chi connectivity index (χ3n) is 7.84. The average Bonchev–Trinajstić information content (AvgIpc) is 3.65. The van der Waals surface area contributed by atoms with Gasteiger partial charge in [-0.2, -0.15) is 5.10 Å². The number of nitrogens with one attached hydrogen (secondary N) is 3. The van der Waals surface area contributed by atoms with Crippen LogP contribution in [0.5, 0.6) is 0 Å². The van der Waals surface area contributed by atoms with Gasteiger partial charge in [0.2, 0.25) is 0 Å². The molecule has 214 valence electrons. The summed E-state index contributed by atoms with van der Waals surface area (Å²) in [5.41, 5.74) is 7.40. The highest BCUT2D eigenvalue weighted by atomic mass is 127. The molecule has 2 aromatic heterocycles. The maximum absolute atomic E-state index is 13.3.